The summed E-state index contributed by atoms with van der Waals surface area (Å²) in [6, 6.07) is 10.7. The highest BCUT2D eigenvalue weighted by Gasteiger charge is 2.16. The average Bonchev–Trinajstić information content (AvgIpc) is 2.41. The molecule has 5 heteroatoms. The fourth-order valence-electron chi connectivity index (χ4n) is 1.62. The molecule has 0 aliphatic heterocycles. The highest BCUT2D eigenvalue weighted by atomic mass is 79.9. The minimum Gasteiger partial charge on any atom is -0.311 e. The normalized spacial score (nSPS) is 10.3. The van der Waals surface area contributed by atoms with Crippen molar-refractivity contribution in [1.29, 1.82) is 0 Å². The zero-order valence-electron chi connectivity index (χ0n) is 10.0. The van der Waals surface area contributed by atoms with E-state index in [4.69, 9.17) is 11.6 Å². The number of benzene rings is 2. The Morgan fingerprint density at radius 3 is 2.47 bits per heavy atom. The molecule has 0 unspecified atom stereocenters. The van der Waals surface area contributed by atoms with Gasteiger partial charge in [0.25, 0.3) is 5.91 Å². The smallest absolute Gasteiger partial charge is 0.259 e. The van der Waals surface area contributed by atoms with E-state index >= 15 is 0 Å². The summed E-state index contributed by atoms with van der Waals surface area (Å²) in [5.41, 5.74) is 1.07. The standard InChI is InChI=1S/C14H10BrClFNO/c1-18(11-5-3-10(17)4-6-11)14(19)12-8-9(16)2-7-13(12)15/h2-8H,1H3. The van der Waals surface area contributed by atoms with Crippen molar-refractivity contribution in [3.8, 4) is 0 Å². The van der Waals surface area contributed by atoms with Crippen molar-refractivity contribution >= 4 is 39.1 Å². The SMILES string of the molecule is CN(C(=O)c1cc(Cl)ccc1Br)c1ccc(F)cc1. The second kappa shape index (κ2) is 5.72. The van der Waals surface area contributed by atoms with Gasteiger partial charge in [-0.3, -0.25) is 4.79 Å². The summed E-state index contributed by atoms with van der Waals surface area (Å²) < 4.78 is 13.5. The Labute approximate surface area is 123 Å². The van der Waals surface area contributed by atoms with Gasteiger partial charge in [-0.1, -0.05) is 11.6 Å². The van der Waals surface area contributed by atoms with Crippen LogP contribution in [0.2, 0.25) is 5.02 Å². The van der Waals surface area contributed by atoms with E-state index in [0.717, 1.165) is 0 Å². The zero-order valence-corrected chi connectivity index (χ0v) is 12.4. The highest BCUT2D eigenvalue weighted by molar-refractivity contribution is 9.10. The lowest BCUT2D eigenvalue weighted by atomic mass is 10.2. The van der Waals surface area contributed by atoms with E-state index in [1.54, 1.807) is 37.4 Å². The van der Waals surface area contributed by atoms with Gasteiger partial charge in [0.2, 0.25) is 0 Å². The molecule has 98 valence electrons. The first kappa shape index (κ1) is 14.0. The van der Waals surface area contributed by atoms with Crippen LogP contribution in [0.3, 0.4) is 0 Å². The maximum atomic E-state index is 12.9. The summed E-state index contributed by atoms with van der Waals surface area (Å²) >= 11 is 9.21. The van der Waals surface area contributed by atoms with Crippen LogP contribution in [-0.4, -0.2) is 13.0 Å². The minimum atomic E-state index is -0.339. The monoisotopic (exact) mass is 341 g/mol. The van der Waals surface area contributed by atoms with Crippen LogP contribution in [0.25, 0.3) is 0 Å². The van der Waals surface area contributed by atoms with Gasteiger partial charge in [0.05, 0.1) is 5.56 Å². The van der Waals surface area contributed by atoms with Gasteiger partial charge in [0, 0.05) is 22.2 Å². The van der Waals surface area contributed by atoms with E-state index in [2.05, 4.69) is 15.9 Å². The second-order valence-electron chi connectivity index (χ2n) is 3.96. The lowest BCUT2D eigenvalue weighted by Gasteiger charge is -2.18. The molecule has 19 heavy (non-hydrogen) atoms. The Morgan fingerprint density at radius 1 is 1.21 bits per heavy atom. The van der Waals surface area contributed by atoms with Crippen LogP contribution in [0.15, 0.2) is 46.9 Å². The molecular formula is C14H10BrClFNO. The van der Waals surface area contributed by atoms with E-state index in [1.165, 1.54) is 17.0 Å². The fourth-order valence-corrected chi connectivity index (χ4v) is 2.21. The van der Waals surface area contributed by atoms with Crippen molar-refractivity contribution in [1.82, 2.24) is 0 Å². The summed E-state index contributed by atoms with van der Waals surface area (Å²) in [5, 5.41) is 0.485. The molecule has 2 aromatic rings. The molecule has 2 rings (SSSR count). The highest BCUT2D eigenvalue weighted by Crippen LogP contribution is 2.24. The van der Waals surface area contributed by atoms with Gasteiger partial charge < -0.3 is 4.90 Å². The number of rotatable bonds is 2. The lowest BCUT2D eigenvalue weighted by molar-refractivity contribution is 0.0992. The maximum absolute atomic E-state index is 12.9. The van der Waals surface area contributed by atoms with E-state index in [1.807, 2.05) is 0 Å². The number of hydrogen-bond donors (Lipinski definition) is 0. The Kier molecular flexibility index (Phi) is 4.22. The first-order valence-corrected chi connectivity index (χ1v) is 6.65. The van der Waals surface area contributed by atoms with Crippen molar-refractivity contribution in [3.63, 3.8) is 0 Å². The third-order valence-corrected chi connectivity index (χ3v) is 3.60. The second-order valence-corrected chi connectivity index (χ2v) is 5.26. The Balaban J connectivity index is 2.33. The first-order chi connectivity index (χ1) is 8.99. The third-order valence-electron chi connectivity index (χ3n) is 2.68. The summed E-state index contributed by atoms with van der Waals surface area (Å²) in [5.74, 6) is -0.561. The quantitative estimate of drug-likeness (QED) is 0.786. The fraction of sp³-hybridized carbons (Fsp3) is 0.0714. The molecule has 0 aliphatic rings. The molecule has 0 heterocycles. The van der Waals surface area contributed by atoms with E-state index in [9.17, 15) is 9.18 Å². The van der Waals surface area contributed by atoms with Crippen molar-refractivity contribution in [2.75, 3.05) is 11.9 Å². The molecule has 0 aliphatic carbocycles. The molecule has 0 bridgehead atoms. The van der Waals surface area contributed by atoms with Crippen LogP contribution < -0.4 is 4.90 Å². The Morgan fingerprint density at radius 2 is 1.84 bits per heavy atom. The summed E-state index contributed by atoms with van der Waals surface area (Å²) in [6.07, 6.45) is 0. The van der Waals surface area contributed by atoms with Gasteiger partial charge in [-0.2, -0.15) is 0 Å². The molecule has 0 saturated carbocycles. The van der Waals surface area contributed by atoms with Crippen molar-refractivity contribution in [3.05, 3.63) is 63.3 Å². The summed E-state index contributed by atoms with van der Waals surface area (Å²) in [4.78, 5) is 13.8. The molecule has 0 fully saturated rings. The molecule has 0 atom stereocenters. The van der Waals surface area contributed by atoms with Crippen molar-refractivity contribution in [2.24, 2.45) is 0 Å². The molecule has 0 saturated heterocycles. The van der Waals surface area contributed by atoms with Crippen LogP contribution in [0.1, 0.15) is 10.4 Å². The predicted molar refractivity (Wildman–Crippen MR) is 78.3 cm³/mol. The third kappa shape index (κ3) is 3.14. The Hall–Kier alpha value is -1.39. The van der Waals surface area contributed by atoms with Crippen LogP contribution >= 0.6 is 27.5 Å². The van der Waals surface area contributed by atoms with E-state index in [0.29, 0.717) is 20.7 Å². The molecule has 0 aromatic heterocycles. The lowest BCUT2D eigenvalue weighted by Crippen LogP contribution is -2.26. The largest absolute Gasteiger partial charge is 0.311 e. The molecule has 1 amide bonds. The Bertz CT molecular complexity index is 615. The average molecular weight is 343 g/mol. The van der Waals surface area contributed by atoms with Gasteiger partial charge in [-0.15, -0.1) is 0 Å². The summed E-state index contributed by atoms with van der Waals surface area (Å²) in [6.45, 7) is 0. The molecular weight excluding hydrogens is 333 g/mol. The summed E-state index contributed by atoms with van der Waals surface area (Å²) in [7, 11) is 1.63. The van der Waals surface area contributed by atoms with Gasteiger partial charge in [0.15, 0.2) is 0 Å². The number of amides is 1. The van der Waals surface area contributed by atoms with Crippen molar-refractivity contribution < 1.29 is 9.18 Å². The predicted octanol–water partition coefficient (Wildman–Crippen LogP) is 4.52. The molecule has 2 aromatic carbocycles. The van der Waals surface area contributed by atoms with E-state index in [-0.39, 0.29) is 11.7 Å². The molecule has 0 N–H and O–H groups in total. The number of nitrogens with zero attached hydrogens (tertiary/aromatic N) is 1. The molecule has 2 nitrogen and oxygen atoms in total. The van der Waals surface area contributed by atoms with Crippen LogP contribution in [0, 0.1) is 5.82 Å². The van der Waals surface area contributed by atoms with Crippen LogP contribution in [0.5, 0.6) is 0 Å². The topological polar surface area (TPSA) is 20.3 Å². The first-order valence-electron chi connectivity index (χ1n) is 5.47. The number of hydrogen-bond acceptors (Lipinski definition) is 1. The van der Waals surface area contributed by atoms with Gasteiger partial charge in [0.1, 0.15) is 5.82 Å². The van der Waals surface area contributed by atoms with Gasteiger partial charge in [-0.25, -0.2) is 4.39 Å². The number of halogens is 3. The minimum absolute atomic E-state index is 0.221. The van der Waals surface area contributed by atoms with Gasteiger partial charge in [-0.05, 0) is 58.4 Å². The number of anilines is 1. The van der Waals surface area contributed by atoms with Gasteiger partial charge >= 0.3 is 0 Å². The molecule has 0 spiro atoms. The van der Waals surface area contributed by atoms with E-state index < -0.39 is 0 Å². The van der Waals surface area contributed by atoms with Crippen LogP contribution in [0.4, 0.5) is 10.1 Å². The maximum Gasteiger partial charge on any atom is 0.259 e. The number of carbonyl (C=O) groups excluding carboxylic acids is 1. The van der Waals surface area contributed by atoms with Crippen molar-refractivity contribution in [2.45, 2.75) is 0 Å². The molecule has 0 radical (unpaired) electrons. The number of carbonyl (C=O) groups is 1. The van der Waals surface area contributed by atoms with Crippen LogP contribution in [-0.2, 0) is 0 Å². The zero-order chi connectivity index (χ0) is 14.0.